The minimum Gasteiger partial charge on any atom is -0.790 e. The fourth-order valence-electron chi connectivity index (χ4n) is 2.34. The summed E-state index contributed by atoms with van der Waals surface area (Å²) in [4.78, 5) is 24.3. The highest BCUT2D eigenvalue weighted by Crippen LogP contribution is 2.11. The Kier molecular flexibility index (Phi) is 21.1. The molecule has 3 N–H and O–H groups in total. The third-order valence-electron chi connectivity index (χ3n) is 4.14. The highest BCUT2D eigenvalue weighted by Gasteiger charge is 2.12. The van der Waals surface area contributed by atoms with Crippen LogP contribution < -0.4 is 9.79 Å². The number of aliphatic hydroxyl groups is 2. The maximum Gasteiger partial charge on any atom is 0.102 e. The van der Waals surface area contributed by atoms with Gasteiger partial charge in [0.05, 0.1) is 62.3 Å². The van der Waals surface area contributed by atoms with Gasteiger partial charge in [-0.15, -0.1) is 0 Å². The number of hydrogen-bond acceptors (Lipinski definition) is 5. The van der Waals surface area contributed by atoms with Gasteiger partial charge in [0.1, 0.15) is 13.1 Å². The highest BCUT2D eigenvalue weighted by molar-refractivity contribution is 7.42. The molecule has 0 spiro atoms. The zero-order valence-electron chi connectivity index (χ0n) is 18.4. The van der Waals surface area contributed by atoms with E-state index < -0.39 is 7.82 Å². The van der Waals surface area contributed by atoms with Gasteiger partial charge in [-0.2, -0.15) is 0 Å². The minimum atomic E-state index is -5.14. The van der Waals surface area contributed by atoms with Crippen molar-refractivity contribution in [1.82, 2.24) is 0 Å². The molecule has 0 amide bonds. The summed E-state index contributed by atoms with van der Waals surface area (Å²) in [5.41, 5.74) is 0. The van der Waals surface area contributed by atoms with Crippen LogP contribution >= 0.6 is 7.82 Å². The second-order valence-electron chi connectivity index (χ2n) is 8.10. The summed E-state index contributed by atoms with van der Waals surface area (Å²) in [6, 6.07) is 0. The minimum absolute atomic E-state index is 0.305. The maximum atomic E-state index is 8.74. The van der Waals surface area contributed by atoms with Gasteiger partial charge in [0, 0.05) is 0 Å². The Morgan fingerprint density at radius 3 is 1.15 bits per heavy atom. The van der Waals surface area contributed by atoms with Gasteiger partial charge in [0.2, 0.25) is 0 Å². The molecule has 0 saturated carbocycles. The van der Waals surface area contributed by atoms with Gasteiger partial charge in [-0.05, 0) is 25.7 Å². The summed E-state index contributed by atoms with van der Waals surface area (Å²) in [5, 5.41) is 17.5. The fourth-order valence-corrected chi connectivity index (χ4v) is 2.34. The lowest BCUT2D eigenvalue weighted by molar-refractivity contribution is -0.890. The lowest BCUT2D eigenvalue weighted by atomic mass is 10.2. The second-order valence-corrected chi connectivity index (χ2v) is 9.03. The second kappa shape index (κ2) is 18.0. The van der Waals surface area contributed by atoms with E-state index in [-0.39, 0.29) is 0 Å². The van der Waals surface area contributed by atoms with Crippen molar-refractivity contribution in [2.24, 2.45) is 0 Å². The van der Waals surface area contributed by atoms with Crippen molar-refractivity contribution < 1.29 is 38.4 Å². The van der Waals surface area contributed by atoms with E-state index in [2.05, 4.69) is 42.0 Å². The van der Waals surface area contributed by atoms with Crippen LogP contribution in [0.1, 0.15) is 52.4 Å². The number of phosphoric acid groups is 1. The van der Waals surface area contributed by atoms with Crippen LogP contribution in [0.2, 0.25) is 0 Å². The predicted octanol–water partition coefficient (Wildman–Crippen LogP) is 0.298. The van der Waals surface area contributed by atoms with Gasteiger partial charge in [-0.3, -0.25) is 0 Å². The maximum absolute atomic E-state index is 8.74. The summed E-state index contributed by atoms with van der Waals surface area (Å²) in [7, 11) is 3.55. The molecule has 0 aromatic heterocycles. The zero-order valence-corrected chi connectivity index (χ0v) is 19.3. The van der Waals surface area contributed by atoms with Crippen molar-refractivity contribution in [2.45, 2.75) is 52.4 Å². The lowest BCUT2D eigenvalue weighted by Gasteiger charge is -2.28. The Balaban J connectivity index is -0.000000344. The molecule has 0 aliphatic carbocycles. The van der Waals surface area contributed by atoms with Gasteiger partial charge in [0.25, 0.3) is 0 Å². The number of rotatable bonds is 12. The molecular formula is C18H45N2O6P. The average Bonchev–Trinajstić information content (AvgIpc) is 2.46. The summed E-state index contributed by atoms with van der Waals surface area (Å²) in [6.07, 6.45) is 7.74. The van der Waals surface area contributed by atoms with E-state index in [1.807, 2.05) is 0 Å². The first-order chi connectivity index (χ1) is 12.2. The quantitative estimate of drug-likeness (QED) is 0.239. The van der Waals surface area contributed by atoms with Crippen molar-refractivity contribution >= 4 is 7.82 Å². The van der Waals surface area contributed by atoms with Crippen molar-refractivity contribution in [2.75, 3.05) is 67.6 Å². The molecule has 8 nitrogen and oxygen atoms in total. The van der Waals surface area contributed by atoms with Gasteiger partial charge in [-0.25, -0.2) is 0 Å². The largest absolute Gasteiger partial charge is 0.790 e. The highest BCUT2D eigenvalue weighted by atomic mass is 31.2. The number of unbranched alkanes of at least 4 members (excludes halogenated alkanes) is 4. The molecule has 0 heterocycles. The van der Waals surface area contributed by atoms with Crippen LogP contribution in [0.15, 0.2) is 0 Å². The van der Waals surface area contributed by atoms with Crippen LogP contribution in [-0.4, -0.2) is 91.7 Å². The Morgan fingerprint density at radius 1 is 0.704 bits per heavy atom. The zero-order chi connectivity index (χ0) is 22.0. The fraction of sp³-hybridized carbons (Fsp3) is 1.00. The molecule has 27 heavy (non-hydrogen) atoms. The van der Waals surface area contributed by atoms with E-state index in [9.17, 15) is 0 Å². The molecule has 0 aliphatic heterocycles. The average molecular weight is 417 g/mol. The van der Waals surface area contributed by atoms with E-state index in [0.29, 0.717) is 13.2 Å². The third kappa shape index (κ3) is 37.4. The van der Waals surface area contributed by atoms with Gasteiger partial charge >= 0.3 is 0 Å². The molecule has 0 saturated heterocycles. The molecule has 9 heteroatoms. The van der Waals surface area contributed by atoms with E-state index in [0.717, 1.165) is 22.1 Å². The Hall–Kier alpha value is -0.0500. The molecule has 0 radical (unpaired) electrons. The SMILES string of the molecule is CCCCC[N+](C)(C)CCO.CCCCC[N+](C)(C)CCO.O=P([O-])([O-])O. The first-order valence-corrected chi connectivity index (χ1v) is 11.3. The smallest absolute Gasteiger partial charge is 0.102 e. The molecule has 0 bridgehead atoms. The molecule has 0 rings (SSSR count). The number of likely N-dealkylation sites (N-methyl/N-ethyl adjacent to an activating group) is 2. The normalized spacial score (nSPS) is 12.0. The van der Waals surface area contributed by atoms with Crippen molar-refractivity contribution in [3.8, 4) is 0 Å². The Bertz CT molecular complexity index is 329. The van der Waals surface area contributed by atoms with Gasteiger partial charge in [-0.1, -0.05) is 26.7 Å². The van der Waals surface area contributed by atoms with Crippen LogP contribution in [0.4, 0.5) is 0 Å². The summed E-state index contributed by atoms with van der Waals surface area (Å²) in [5.74, 6) is 0. The topological polar surface area (TPSA) is 124 Å². The van der Waals surface area contributed by atoms with Crippen molar-refractivity contribution in [1.29, 1.82) is 0 Å². The summed E-state index contributed by atoms with van der Waals surface area (Å²) in [6.45, 7) is 9.17. The van der Waals surface area contributed by atoms with Crippen LogP contribution in [0.5, 0.6) is 0 Å². The van der Waals surface area contributed by atoms with E-state index in [1.165, 1.54) is 51.6 Å². The van der Waals surface area contributed by atoms with Crippen LogP contribution in [0.25, 0.3) is 0 Å². The lowest BCUT2D eigenvalue weighted by Crippen LogP contribution is -2.42. The number of aliphatic hydroxyl groups excluding tert-OH is 2. The molecule has 0 aromatic rings. The molecule has 0 fully saturated rings. The molecule has 168 valence electrons. The predicted molar refractivity (Wildman–Crippen MR) is 107 cm³/mol. The number of nitrogens with zero attached hydrogens (tertiary/aromatic N) is 2. The first-order valence-electron chi connectivity index (χ1n) is 9.85. The molecule has 0 aromatic carbocycles. The van der Waals surface area contributed by atoms with Crippen molar-refractivity contribution in [3.63, 3.8) is 0 Å². The molecule has 0 aliphatic rings. The summed E-state index contributed by atoms with van der Waals surface area (Å²) >= 11 is 0. The van der Waals surface area contributed by atoms with Gasteiger partial charge in [0.15, 0.2) is 0 Å². The van der Waals surface area contributed by atoms with E-state index >= 15 is 0 Å². The van der Waals surface area contributed by atoms with Crippen LogP contribution in [-0.2, 0) is 4.57 Å². The standard InChI is InChI=1S/2C9H22NO.H3O4P/c2*1-4-5-6-7-10(2,3)8-9-11;1-5(2,3)4/h2*11H,4-9H2,1-3H3;(H3,1,2,3,4)/q2*+1;/p-2. The molecular weight excluding hydrogens is 371 g/mol. The van der Waals surface area contributed by atoms with Crippen LogP contribution in [0.3, 0.4) is 0 Å². The molecule has 0 unspecified atom stereocenters. The first kappa shape index (κ1) is 31.6. The Morgan fingerprint density at radius 2 is 0.963 bits per heavy atom. The van der Waals surface area contributed by atoms with Crippen LogP contribution in [0, 0.1) is 0 Å². The monoisotopic (exact) mass is 416 g/mol. The van der Waals surface area contributed by atoms with E-state index in [4.69, 9.17) is 29.5 Å². The van der Waals surface area contributed by atoms with E-state index in [1.54, 1.807) is 0 Å². The molecule has 0 atom stereocenters. The summed E-state index contributed by atoms with van der Waals surface area (Å²) < 4.78 is 10.6. The third-order valence-corrected chi connectivity index (χ3v) is 4.14. The number of quaternary nitrogens is 2. The van der Waals surface area contributed by atoms with Crippen molar-refractivity contribution in [3.05, 3.63) is 0 Å². The Labute approximate surface area is 166 Å². The number of hydrogen-bond donors (Lipinski definition) is 3. The van der Waals surface area contributed by atoms with Gasteiger partial charge < -0.3 is 38.4 Å².